The second-order valence-corrected chi connectivity index (χ2v) is 22.4. The third-order valence-electron chi connectivity index (χ3n) is 17.0. The Bertz CT molecular complexity index is 2430. The summed E-state index contributed by atoms with van der Waals surface area (Å²) in [6.07, 6.45) is 3.67. The van der Waals surface area contributed by atoms with Crippen molar-refractivity contribution in [1.29, 1.82) is 0 Å². The molecular formula is C55H76F2N2O14P+. The maximum atomic E-state index is 17.8. The summed E-state index contributed by atoms with van der Waals surface area (Å²) in [7, 11) is -4.98. The number of nitrogens with zero attached hydrogens (tertiary/aromatic N) is 1. The first-order valence-corrected chi connectivity index (χ1v) is 27.8. The number of nitrogens with one attached hydrogen (secondary N) is 1. The van der Waals surface area contributed by atoms with E-state index in [1.165, 1.54) is 30.7 Å². The average molecular weight is 1060 g/mol. The van der Waals surface area contributed by atoms with E-state index in [0.29, 0.717) is 30.8 Å². The van der Waals surface area contributed by atoms with Gasteiger partial charge in [0.2, 0.25) is 11.4 Å². The molecular weight excluding hydrogens is 982 g/mol. The molecule has 5 N–H and O–H groups in total. The largest absolute Gasteiger partial charge is 0.524 e. The van der Waals surface area contributed by atoms with Crippen LogP contribution >= 0.6 is 7.82 Å². The van der Waals surface area contributed by atoms with E-state index in [1.807, 2.05) is 19.9 Å². The summed E-state index contributed by atoms with van der Waals surface area (Å²) in [6, 6.07) is 15.1. The van der Waals surface area contributed by atoms with Gasteiger partial charge in [0, 0.05) is 42.1 Å². The molecule has 16 nitrogen and oxygen atoms in total. The lowest BCUT2D eigenvalue weighted by Crippen LogP contribution is -2.70. The smallest absolute Gasteiger partial charge is 0.458 e. The number of quaternary nitrogens is 1. The number of allylic oxidation sites excluding steroid dienone is 4. The van der Waals surface area contributed by atoms with Crippen LogP contribution in [-0.4, -0.2) is 131 Å². The molecule has 4 aliphatic carbocycles. The van der Waals surface area contributed by atoms with Gasteiger partial charge in [-0.05, 0) is 132 Å². The van der Waals surface area contributed by atoms with Gasteiger partial charge < -0.3 is 48.2 Å². The molecule has 0 bridgehead atoms. The fourth-order valence-corrected chi connectivity index (χ4v) is 13.2. The lowest BCUT2D eigenvalue weighted by atomic mass is 9.44. The Hall–Kier alpha value is -4.52. The van der Waals surface area contributed by atoms with E-state index in [9.17, 15) is 38.9 Å². The van der Waals surface area contributed by atoms with Crippen molar-refractivity contribution >= 4 is 25.5 Å². The number of rotatable bonds is 27. The fraction of sp³-hybridized carbons (Fsp3) is 0.618. The van der Waals surface area contributed by atoms with Gasteiger partial charge in [0.25, 0.3) is 5.95 Å². The number of ketones is 2. The van der Waals surface area contributed by atoms with Crippen LogP contribution in [0.4, 0.5) is 13.6 Å². The highest BCUT2D eigenvalue weighted by atomic mass is 31.2. The minimum Gasteiger partial charge on any atom is -0.458 e. The van der Waals surface area contributed by atoms with Crippen LogP contribution in [0.3, 0.4) is 0 Å². The number of alkyl halides is 2. The van der Waals surface area contributed by atoms with Gasteiger partial charge in [0.05, 0.1) is 25.3 Å². The Morgan fingerprint density at radius 1 is 0.973 bits per heavy atom. The zero-order valence-corrected chi connectivity index (χ0v) is 44.1. The van der Waals surface area contributed by atoms with Crippen molar-refractivity contribution in [3.8, 4) is 5.75 Å². The first-order valence-electron chi connectivity index (χ1n) is 26.2. The lowest BCUT2D eigenvalue weighted by Gasteiger charge is -2.62. The van der Waals surface area contributed by atoms with E-state index in [2.05, 4.69) is 36.2 Å². The predicted molar refractivity (Wildman–Crippen MR) is 270 cm³/mol. The van der Waals surface area contributed by atoms with Crippen molar-refractivity contribution in [2.24, 2.45) is 22.7 Å². The topological polar surface area (TPSA) is 217 Å². The van der Waals surface area contributed by atoms with Gasteiger partial charge in [0.1, 0.15) is 37.7 Å². The van der Waals surface area contributed by atoms with Crippen molar-refractivity contribution in [3.05, 3.63) is 102 Å². The lowest BCUT2D eigenvalue weighted by molar-refractivity contribution is -0.937. The van der Waals surface area contributed by atoms with E-state index >= 15 is 8.78 Å². The molecule has 7 rings (SSSR count). The molecule has 2 aromatic rings. The number of fused-ring (bicyclic) bond motifs is 7. The second-order valence-electron chi connectivity index (χ2n) is 21.2. The minimum atomic E-state index is -4.98. The zero-order chi connectivity index (χ0) is 53.5. The summed E-state index contributed by atoms with van der Waals surface area (Å²) in [5.41, 5.74) is -4.99. The van der Waals surface area contributed by atoms with Crippen LogP contribution < -0.4 is 9.84 Å². The molecule has 1 heterocycles. The number of phosphoric acid groups is 1. The van der Waals surface area contributed by atoms with E-state index in [1.54, 1.807) is 19.1 Å². The van der Waals surface area contributed by atoms with Gasteiger partial charge >= 0.3 is 14.0 Å². The van der Waals surface area contributed by atoms with Crippen molar-refractivity contribution < 1.29 is 80.4 Å². The molecule has 0 aromatic heterocycles. The number of hydrogen-bond donors (Lipinski definition) is 5. The first kappa shape index (κ1) is 57.2. The van der Waals surface area contributed by atoms with Crippen LogP contribution in [0.15, 0.2) is 84.9 Å². The predicted octanol–water partition coefficient (Wildman–Crippen LogP) is 8.01. The van der Waals surface area contributed by atoms with Gasteiger partial charge in [0.15, 0.2) is 18.1 Å². The molecule has 1 unspecified atom stereocenters. The van der Waals surface area contributed by atoms with Crippen LogP contribution in [0.5, 0.6) is 5.75 Å². The zero-order valence-electron chi connectivity index (χ0n) is 43.2. The van der Waals surface area contributed by atoms with Gasteiger partial charge in [-0.3, -0.25) is 19.4 Å². The standard InChI is InChI=1S/C55H75F2N2O14P/c1-6-59(7-2,35-40-29-39(20-21-47(40)73-74(65,66)67)46(61)34-58-24-14-8-9-15-26-68-27-16-13-19-38-17-11-10-12-18-38)25-28-69-51(64)70-36-49(63)55-50(71-37(3)72-55)32-42-43-31-45(56)44-30-41(60)22-23-52(44,4)54(43,57)48(62)33-53(42,55)5/h10-12,17-18,20-23,29-30,42-43,45-46,48,50,58,61-62H,3,6-9,13-16,19,24-28,31-36H2,1-2,4-5H3,(H-,65,66,67)/p+1/t42-,43-,45-,46?,48-,50+,52-,53-,54-,55+/m0/s1. The summed E-state index contributed by atoms with van der Waals surface area (Å²) in [6.45, 7) is 13.5. The summed E-state index contributed by atoms with van der Waals surface area (Å²) in [4.78, 5) is 59.5. The maximum Gasteiger partial charge on any atom is 0.524 e. The van der Waals surface area contributed by atoms with Gasteiger partial charge in [-0.25, -0.2) is 18.1 Å². The van der Waals surface area contributed by atoms with Gasteiger partial charge in [-0.2, -0.15) is 0 Å². The number of hydrogen-bond acceptors (Lipinski definition) is 13. The number of phosphoric ester groups is 1. The Balaban J connectivity index is 0.899. The molecule has 0 amide bonds. The third-order valence-corrected chi connectivity index (χ3v) is 17.4. The van der Waals surface area contributed by atoms with Crippen LogP contribution in [0, 0.1) is 22.7 Å². The molecule has 0 spiro atoms. The minimum absolute atomic E-state index is 0.0284. The number of unbranched alkanes of at least 4 members (excludes halogenated alkanes) is 4. The Morgan fingerprint density at radius 3 is 2.41 bits per heavy atom. The molecule has 2 aromatic carbocycles. The molecule has 0 radical (unpaired) electrons. The number of aryl methyl sites for hydroxylation is 1. The summed E-state index contributed by atoms with van der Waals surface area (Å²) >= 11 is 0. The first-order chi connectivity index (χ1) is 35.1. The Labute approximate surface area is 433 Å². The number of ether oxygens (including phenoxy) is 5. The van der Waals surface area contributed by atoms with E-state index in [4.69, 9.17) is 28.2 Å². The van der Waals surface area contributed by atoms with Crippen LogP contribution in [-0.2, 0) is 50.8 Å². The van der Waals surface area contributed by atoms with Crippen molar-refractivity contribution in [3.63, 3.8) is 0 Å². The monoisotopic (exact) mass is 1060 g/mol. The quantitative estimate of drug-likeness (QED) is 0.0248. The van der Waals surface area contributed by atoms with E-state index in [0.717, 1.165) is 64.2 Å². The molecule has 1 saturated heterocycles. The highest BCUT2D eigenvalue weighted by Crippen LogP contribution is 2.72. The van der Waals surface area contributed by atoms with Gasteiger partial charge in [-0.15, -0.1) is 0 Å². The summed E-state index contributed by atoms with van der Waals surface area (Å²) < 4.78 is 80.0. The number of carbonyl (C=O) groups is 3. The average Bonchev–Trinajstić information content (AvgIpc) is 3.83. The highest BCUT2D eigenvalue weighted by molar-refractivity contribution is 7.46. The molecule has 19 heteroatoms. The maximum absolute atomic E-state index is 17.8. The number of carbonyl (C=O) groups excluding carboxylic acids is 3. The highest BCUT2D eigenvalue weighted by Gasteiger charge is 2.80. The van der Waals surface area contributed by atoms with Crippen LogP contribution in [0.1, 0.15) is 108 Å². The van der Waals surface area contributed by atoms with Crippen molar-refractivity contribution in [1.82, 2.24) is 5.32 Å². The number of halogens is 2. The van der Waals surface area contributed by atoms with Crippen LogP contribution in [0.2, 0.25) is 0 Å². The summed E-state index contributed by atoms with van der Waals surface area (Å²) in [5.74, 6) is -3.28. The Kier molecular flexibility index (Phi) is 18.4. The molecule has 10 atom stereocenters. The van der Waals surface area contributed by atoms with Gasteiger partial charge in [-0.1, -0.05) is 62.2 Å². The summed E-state index contributed by atoms with van der Waals surface area (Å²) in [5, 5.41) is 26.3. The Morgan fingerprint density at radius 2 is 1.69 bits per heavy atom. The number of aliphatic hydroxyl groups is 2. The number of Topliss-reactive ketones (excluding diaryl/α,β-unsaturated/α-hetero) is 1. The SMILES string of the molecule is C=C1O[C@@H]2C[C@H]3[C@@H]4C[C@H](F)C5=CC(=O)C=C[C@]5(C)[C@@]4(F)[C@@H](O)C[C@]3(C)[C@]2(C(=O)COC(=O)OCC[N+](CC)(CC)Cc2cc(C(O)CNCCCCCCOCCCCc3ccccc3)ccc2OP(=O)(O)O)O1. The normalized spacial score (nSPS) is 29.5. The number of likely N-dealkylation sites (N-methyl/N-ethyl adjacent to an activating group) is 1. The van der Waals surface area contributed by atoms with Crippen LogP contribution in [0.25, 0.3) is 0 Å². The second kappa shape index (κ2) is 23.8. The molecule has 3 saturated carbocycles. The molecule has 408 valence electrons. The number of benzene rings is 2. The molecule has 5 aliphatic rings. The third kappa shape index (κ3) is 11.9. The molecule has 4 fully saturated rings. The van der Waals surface area contributed by atoms with Crippen molar-refractivity contribution in [2.45, 2.75) is 134 Å². The molecule has 1 aliphatic heterocycles. The number of aliphatic hydroxyl groups excluding tert-OH is 2. The van der Waals surface area contributed by atoms with E-state index in [-0.39, 0.29) is 67.3 Å². The van der Waals surface area contributed by atoms with E-state index < -0.39 is 90.6 Å². The van der Waals surface area contributed by atoms with Crippen molar-refractivity contribution in [2.75, 3.05) is 59.2 Å². The molecule has 74 heavy (non-hydrogen) atoms. The fourth-order valence-electron chi connectivity index (χ4n) is 12.8.